The molecule has 1 aromatic rings. The number of hydrogen-bond acceptors (Lipinski definition) is 3. The molecule has 3 N–H and O–H groups in total. The zero-order valence-electron chi connectivity index (χ0n) is 6.87. The summed E-state index contributed by atoms with van der Waals surface area (Å²) in [5, 5.41) is 3.98. The molecule has 0 radical (unpaired) electrons. The van der Waals surface area contributed by atoms with Crippen LogP contribution in [-0.2, 0) is 7.05 Å². The summed E-state index contributed by atoms with van der Waals surface area (Å²) in [5.41, 5.74) is 3.23. The van der Waals surface area contributed by atoms with Gasteiger partial charge in [0, 0.05) is 13.2 Å². The normalized spacial score (nSPS) is 8.92. The molecule has 0 bridgehead atoms. The second-order valence-electron chi connectivity index (χ2n) is 2.28. The largest absolute Gasteiger partial charge is 0.290 e. The summed E-state index contributed by atoms with van der Waals surface area (Å²) < 4.78 is 1.57. The van der Waals surface area contributed by atoms with Crippen molar-refractivity contribution in [2.45, 2.75) is 6.92 Å². The zero-order valence-corrected chi connectivity index (χ0v) is 7.68. The minimum absolute atomic E-state index is 0. The first kappa shape index (κ1) is 10.9. The summed E-state index contributed by atoms with van der Waals surface area (Å²) in [7, 11) is 1.75. The number of hydrazine groups is 1. The molecule has 68 valence electrons. The second kappa shape index (κ2) is 4.08. The van der Waals surface area contributed by atoms with Crippen molar-refractivity contribution < 1.29 is 4.79 Å². The van der Waals surface area contributed by atoms with Gasteiger partial charge in [0.1, 0.15) is 0 Å². The number of aromatic nitrogens is 2. The second-order valence-corrected chi connectivity index (χ2v) is 2.28. The van der Waals surface area contributed by atoms with Gasteiger partial charge in [-0.2, -0.15) is 5.10 Å². The van der Waals surface area contributed by atoms with Crippen LogP contribution in [0.4, 0.5) is 0 Å². The molecular weight excluding hydrogens is 180 g/mol. The Balaban J connectivity index is 0.00000121. The van der Waals surface area contributed by atoms with E-state index in [9.17, 15) is 4.79 Å². The molecule has 1 aromatic heterocycles. The Morgan fingerprint density at radius 2 is 2.33 bits per heavy atom. The molecular formula is C6H11ClN4O. The SMILES string of the molecule is Cc1nn(C)cc1C(=O)NN.Cl. The minimum atomic E-state index is -0.310. The van der Waals surface area contributed by atoms with Crippen molar-refractivity contribution in [3.05, 3.63) is 17.5 Å². The number of aryl methyl sites for hydroxylation is 2. The molecule has 1 rings (SSSR count). The van der Waals surface area contributed by atoms with Crippen LogP contribution < -0.4 is 11.3 Å². The molecule has 0 aliphatic heterocycles. The van der Waals surface area contributed by atoms with E-state index in [0.717, 1.165) is 0 Å². The van der Waals surface area contributed by atoms with Crippen molar-refractivity contribution in [2.24, 2.45) is 12.9 Å². The zero-order chi connectivity index (χ0) is 8.43. The van der Waals surface area contributed by atoms with Crippen LogP contribution in [0.1, 0.15) is 16.1 Å². The summed E-state index contributed by atoms with van der Waals surface area (Å²) in [6.07, 6.45) is 1.62. The summed E-state index contributed by atoms with van der Waals surface area (Å²) >= 11 is 0. The van der Waals surface area contributed by atoms with Crippen molar-refractivity contribution in [2.75, 3.05) is 0 Å². The molecule has 0 aliphatic rings. The Hall–Kier alpha value is -1.07. The lowest BCUT2D eigenvalue weighted by molar-refractivity contribution is 0.0953. The number of halogens is 1. The highest BCUT2D eigenvalue weighted by Crippen LogP contribution is 2.02. The quantitative estimate of drug-likeness (QED) is 0.365. The Bertz CT molecular complexity index is 283. The van der Waals surface area contributed by atoms with Gasteiger partial charge in [-0.05, 0) is 6.92 Å². The van der Waals surface area contributed by atoms with Gasteiger partial charge in [0.25, 0.3) is 5.91 Å². The van der Waals surface area contributed by atoms with Crippen molar-refractivity contribution in [3.63, 3.8) is 0 Å². The number of rotatable bonds is 1. The predicted octanol–water partition coefficient (Wildman–Crippen LogP) is -0.246. The number of amides is 1. The number of hydrogen-bond donors (Lipinski definition) is 2. The molecule has 0 saturated carbocycles. The van der Waals surface area contributed by atoms with E-state index in [1.165, 1.54) is 0 Å². The van der Waals surface area contributed by atoms with Crippen LogP contribution in [-0.4, -0.2) is 15.7 Å². The summed E-state index contributed by atoms with van der Waals surface area (Å²) in [4.78, 5) is 11.0. The molecule has 0 aliphatic carbocycles. The van der Waals surface area contributed by atoms with Gasteiger partial charge < -0.3 is 0 Å². The van der Waals surface area contributed by atoms with Crippen molar-refractivity contribution in [1.82, 2.24) is 15.2 Å². The molecule has 0 unspecified atom stereocenters. The summed E-state index contributed by atoms with van der Waals surface area (Å²) in [6.45, 7) is 1.75. The summed E-state index contributed by atoms with van der Waals surface area (Å²) in [5.74, 6) is 4.64. The molecule has 1 amide bonds. The van der Waals surface area contributed by atoms with E-state index >= 15 is 0 Å². The van der Waals surface area contributed by atoms with E-state index in [2.05, 4.69) is 5.10 Å². The Kier molecular flexibility index (Phi) is 3.72. The monoisotopic (exact) mass is 190 g/mol. The highest BCUT2D eigenvalue weighted by atomic mass is 35.5. The fourth-order valence-electron chi connectivity index (χ4n) is 0.900. The lowest BCUT2D eigenvalue weighted by Gasteiger charge is -1.93. The van der Waals surface area contributed by atoms with Crippen LogP contribution in [0.2, 0.25) is 0 Å². The highest BCUT2D eigenvalue weighted by Gasteiger charge is 2.09. The molecule has 5 nitrogen and oxygen atoms in total. The molecule has 0 spiro atoms. The smallest absolute Gasteiger partial charge is 0.268 e. The lowest BCUT2D eigenvalue weighted by atomic mass is 10.2. The maximum Gasteiger partial charge on any atom is 0.268 e. The van der Waals surface area contributed by atoms with Crippen LogP contribution in [0.25, 0.3) is 0 Å². The minimum Gasteiger partial charge on any atom is -0.290 e. The van der Waals surface area contributed by atoms with Crippen LogP contribution in [0.15, 0.2) is 6.20 Å². The molecule has 0 atom stereocenters. The number of nitrogens with zero attached hydrogens (tertiary/aromatic N) is 2. The average Bonchev–Trinajstić information content (AvgIpc) is 2.28. The van der Waals surface area contributed by atoms with E-state index in [1.54, 1.807) is 24.9 Å². The van der Waals surface area contributed by atoms with Crippen LogP contribution in [0, 0.1) is 6.92 Å². The number of carbonyl (C=O) groups is 1. The first-order valence-electron chi connectivity index (χ1n) is 3.16. The van der Waals surface area contributed by atoms with Gasteiger partial charge >= 0.3 is 0 Å². The summed E-state index contributed by atoms with van der Waals surface area (Å²) in [6, 6.07) is 0. The standard InChI is InChI=1S/C6H10N4O.ClH/c1-4-5(6(11)8-7)3-10(2)9-4;/h3H,7H2,1-2H3,(H,8,11);1H. The van der Waals surface area contributed by atoms with Gasteiger partial charge in [0.2, 0.25) is 0 Å². The molecule has 12 heavy (non-hydrogen) atoms. The van der Waals surface area contributed by atoms with E-state index < -0.39 is 0 Å². The predicted molar refractivity (Wildman–Crippen MR) is 46.8 cm³/mol. The van der Waals surface area contributed by atoms with E-state index in [0.29, 0.717) is 11.3 Å². The molecule has 0 saturated heterocycles. The fraction of sp³-hybridized carbons (Fsp3) is 0.333. The topological polar surface area (TPSA) is 72.9 Å². The van der Waals surface area contributed by atoms with Crippen molar-refractivity contribution in [1.29, 1.82) is 0 Å². The van der Waals surface area contributed by atoms with Crippen molar-refractivity contribution >= 4 is 18.3 Å². The Labute approximate surface area is 76.3 Å². The number of carbonyl (C=O) groups excluding carboxylic acids is 1. The van der Waals surface area contributed by atoms with Crippen LogP contribution in [0.5, 0.6) is 0 Å². The number of nitrogens with two attached hydrogens (primary N) is 1. The molecule has 0 fully saturated rings. The van der Waals surface area contributed by atoms with E-state index in [-0.39, 0.29) is 18.3 Å². The van der Waals surface area contributed by atoms with Crippen LogP contribution >= 0.6 is 12.4 Å². The number of nitrogen functional groups attached to an aromatic ring is 1. The van der Waals surface area contributed by atoms with E-state index in [1.807, 2.05) is 5.43 Å². The van der Waals surface area contributed by atoms with Gasteiger partial charge in [0.05, 0.1) is 11.3 Å². The van der Waals surface area contributed by atoms with Gasteiger partial charge in [-0.3, -0.25) is 14.9 Å². The molecule has 0 aromatic carbocycles. The third kappa shape index (κ3) is 1.96. The van der Waals surface area contributed by atoms with Crippen LogP contribution in [0.3, 0.4) is 0 Å². The molecule has 1 heterocycles. The van der Waals surface area contributed by atoms with Gasteiger partial charge in [-0.1, -0.05) is 0 Å². The third-order valence-electron chi connectivity index (χ3n) is 1.39. The highest BCUT2D eigenvalue weighted by molar-refractivity contribution is 5.94. The van der Waals surface area contributed by atoms with Crippen molar-refractivity contribution in [3.8, 4) is 0 Å². The molecule has 6 heteroatoms. The first-order chi connectivity index (χ1) is 5.15. The maximum absolute atomic E-state index is 11.0. The fourth-order valence-corrected chi connectivity index (χ4v) is 0.900. The average molecular weight is 191 g/mol. The first-order valence-corrected chi connectivity index (χ1v) is 3.16. The van der Waals surface area contributed by atoms with Gasteiger partial charge in [-0.15, -0.1) is 12.4 Å². The Morgan fingerprint density at radius 1 is 1.75 bits per heavy atom. The van der Waals surface area contributed by atoms with Gasteiger partial charge in [-0.25, -0.2) is 5.84 Å². The van der Waals surface area contributed by atoms with E-state index in [4.69, 9.17) is 5.84 Å². The third-order valence-corrected chi connectivity index (χ3v) is 1.39. The lowest BCUT2D eigenvalue weighted by Crippen LogP contribution is -2.30. The number of nitrogens with one attached hydrogen (secondary N) is 1. The van der Waals surface area contributed by atoms with Gasteiger partial charge in [0.15, 0.2) is 0 Å². The Morgan fingerprint density at radius 3 is 2.67 bits per heavy atom. The maximum atomic E-state index is 11.0.